The van der Waals surface area contributed by atoms with Crippen molar-refractivity contribution in [1.29, 1.82) is 0 Å². The van der Waals surface area contributed by atoms with E-state index in [4.69, 9.17) is 20.1 Å². The molecule has 0 aromatic heterocycles. The summed E-state index contributed by atoms with van der Waals surface area (Å²) in [6.07, 6.45) is -4.55. The molecule has 116 valence electrons. The van der Waals surface area contributed by atoms with Crippen molar-refractivity contribution in [2.45, 2.75) is 56.3 Å². The Kier molecular flexibility index (Phi) is 6.40. The highest BCUT2D eigenvalue weighted by atomic mass is 28.3. The van der Waals surface area contributed by atoms with Gasteiger partial charge in [-0.3, -0.25) is 0 Å². The largest absolute Gasteiger partial charge is 0.394 e. The van der Waals surface area contributed by atoms with Crippen molar-refractivity contribution < 1.29 is 24.8 Å². The summed E-state index contributed by atoms with van der Waals surface area (Å²) in [5.74, 6) is 0. The van der Waals surface area contributed by atoms with E-state index in [0.29, 0.717) is 6.61 Å². The predicted octanol–water partition coefficient (Wildman–Crippen LogP) is 0.459. The molecule has 1 aliphatic rings. The smallest absolute Gasteiger partial charge is 0.169 e. The van der Waals surface area contributed by atoms with Crippen LogP contribution >= 0.6 is 0 Å². The molecule has 0 spiro atoms. The van der Waals surface area contributed by atoms with Crippen LogP contribution in [0, 0.1) is 0 Å². The van der Waals surface area contributed by atoms with Crippen molar-refractivity contribution in [3.8, 4) is 0 Å². The molecule has 1 rings (SSSR count). The van der Waals surface area contributed by atoms with E-state index in [0.717, 1.165) is 6.04 Å². The molecule has 0 aromatic carbocycles. The summed E-state index contributed by atoms with van der Waals surface area (Å²) in [5.41, 5.74) is 8.53. The zero-order valence-electron chi connectivity index (χ0n) is 12.0. The maximum atomic E-state index is 9.92. The summed E-state index contributed by atoms with van der Waals surface area (Å²) in [5, 5.41) is 32.2. The van der Waals surface area contributed by atoms with Gasteiger partial charge in [0.15, 0.2) is 6.29 Å². The molecule has 0 bridgehead atoms. The molecule has 20 heavy (non-hydrogen) atoms. The Labute approximate surface area is 119 Å². The Morgan fingerprint density at radius 2 is 1.95 bits per heavy atom. The molecule has 0 saturated carbocycles. The van der Waals surface area contributed by atoms with Crippen LogP contribution in [0.1, 0.15) is 0 Å². The van der Waals surface area contributed by atoms with Crippen LogP contribution < -0.4 is 0 Å². The van der Waals surface area contributed by atoms with E-state index in [-0.39, 0.29) is 0 Å². The van der Waals surface area contributed by atoms with Crippen LogP contribution in [0.25, 0.3) is 10.4 Å². The van der Waals surface area contributed by atoms with Crippen LogP contribution in [-0.2, 0) is 9.47 Å². The van der Waals surface area contributed by atoms with Gasteiger partial charge >= 0.3 is 0 Å². The SMILES string of the molecule is C[Si](C)(C)CCO[C@H]1O[C@H](CO)[C@H](O)[C@H](O)[C@@H]1N=[N+]=[N-]. The van der Waals surface area contributed by atoms with Crippen LogP contribution in [0.3, 0.4) is 0 Å². The fourth-order valence-electron chi connectivity index (χ4n) is 1.87. The molecule has 0 aliphatic carbocycles. The van der Waals surface area contributed by atoms with Gasteiger partial charge in [0.25, 0.3) is 0 Å². The summed E-state index contributed by atoms with van der Waals surface area (Å²) in [6, 6.07) is -0.141. The maximum Gasteiger partial charge on any atom is 0.169 e. The molecule has 1 aliphatic heterocycles. The molecular formula is C11H23N3O5Si. The fraction of sp³-hybridized carbons (Fsp3) is 1.00. The lowest BCUT2D eigenvalue weighted by atomic mass is 9.98. The first-order chi connectivity index (χ1) is 9.30. The minimum Gasteiger partial charge on any atom is -0.394 e. The molecule has 0 unspecified atom stereocenters. The Morgan fingerprint density at radius 1 is 1.30 bits per heavy atom. The van der Waals surface area contributed by atoms with Crippen LogP contribution in [0.4, 0.5) is 0 Å². The van der Waals surface area contributed by atoms with Gasteiger partial charge < -0.3 is 24.8 Å². The first-order valence-corrected chi connectivity index (χ1v) is 10.3. The van der Waals surface area contributed by atoms with Gasteiger partial charge in [0.05, 0.1) is 12.7 Å². The Balaban J connectivity index is 2.70. The number of nitrogens with zero attached hydrogens (tertiary/aromatic N) is 3. The molecule has 0 amide bonds. The van der Waals surface area contributed by atoms with Gasteiger partial charge in [-0.25, -0.2) is 0 Å². The van der Waals surface area contributed by atoms with E-state index < -0.39 is 45.3 Å². The Morgan fingerprint density at radius 3 is 2.45 bits per heavy atom. The predicted molar refractivity (Wildman–Crippen MR) is 74.8 cm³/mol. The van der Waals surface area contributed by atoms with Crippen LogP contribution in [0.5, 0.6) is 0 Å². The van der Waals surface area contributed by atoms with Gasteiger partial charge in [0.2, 0.25) is 0 Å². The van der Waals surface area contributed by atoms with Gasteiger partial charge in [-0.05, 0) is 11.6 Å². The second-order valence-electron chi connectivity index (χ2n) is 6.08. The average Bonchev–Trinajstić information content (AvgIpc) is 2.36. The third-order valence-electron chi connectivity index (χ3n) is 3.17. The van der Waals surface area contributed by atoms with E-state index in [1.165, 1.54) is 0 Å². The summed E-state index contributed by atoms with van der Waals surface area (Å²) in [6.45, 7) is 6.54. The molecular weight excluding hydrogens is 282 g/mol. The molecule has 9 heteroatoms. The second-order valence-corrected chi connectivity index (χ2v) is 11.7. The molecule has 0 radical (unpaired) electrons. The van der Waals surface area contributed by atoms with E-state index >= 15 is 0 Å². The van der Waals surface area contributed by atoms with E-state index in [9.17, 15) is 10.2 Å². The zero-order chi connectivity index (χ0) is 15.3. The van der Waals surface area contributed by atoms with Gasteiger partial charge in [0, 0.05) is 19.6 Å². The minimum atomic E-state index is -1.33. The summed E-state index contributed by atoms with van der Waals surface area (Å²) >= 11 is 0. The summed E-state index contributed by atoms with van der Waals surface area (Å²) in [4.78, 5) is 2.64. The Bertz CT molecular complexity index is 358. The normalized spacial score (nSPS) is 34.6. The monoisotopic (exact) mass is 305 g/mol. The Hall–Kier alpha value is -0.673. The number of aliphatic hydroxyl groups is 3. The van der Waals surface area contributed by atoms with Crippen molar-refractivity contribution in [1.82, 2.24) is 0 Å². The van der Waals surface area contributed by atoms with Crippen LogP contribution in [-0.4, -0.2) is 67.3 Å². The first-order valence-electron chi connectivity index (χ1n) is 6.58. The third-order valence-corrected chi connectivity index (χ3v) is 4.87. The van der Waals surface area contributed by atoms with Gasteiger partial charge in [-0.1, -0.05) is 24.8 Å². The number of aliphatic hydroxyl groups excluding tert-OH is 3. The fourth-order valence-corrected chi connectivity index (χ4v) is 2.60. The van der Waals surface area contributed by atoms with Crippen molar-refractivity contribution in [3.05, 3.63) is 10.4 Å². The molecule has 1 fully saturated rings. The molecule has 8 nitrogen and oxygen atoms in total. The first kappa shape index (κ1) is 17.4. The molecule has 5 atom stereocenters. The number of hydrogen-bond acceptors (Lipinski definition) is 6. The highest BCUT2D eigenvalue weighted by Crippen LogP contribution is 2.25. The lowest BCUT2D eigenvalue weighted by Gasteiger charge is -2.40. The van der Waals surface area contributed by atoms with Crippen molar-refractivity contribution >= 4 is 8.07 Å². The summed E-state index contributed by atoms with van der Waals surface area (Å²) in [7, 11) is -1.28. The van der Waals surface area contributed by atoms with E-state index in [2.05, 4.69) is 29.7 Å². The standard InChI is InChI=1S/C11H23N3O5Si/c1-20(2,3)5-4-18-11-8(13-14-12)10(17)9(16)7(6-15)19-11/h7-11,15-17H,4-6H2,1-3H3/t7-,8+,9+,10-,11+/m1/s1. The lowest BCUT2D eigenvalue weighted by Crippen LogP contribution is -2.58. The van der Waals surface area contributed by atoms with Crippen molar-refractivity contribution in [2.75, 3.05) is 13.2 Å². The number of rotatable bonds is 6. The number of hydrogen-bond donors (Lipinski definition) is 3. The lowest BCUT2D eigenvalue weighted by molar-refractivity contribution is -0.264. The van der Waals surface area contributed by atoms with Gasteiger partial charge in [-0.2, -0.15) is 0 Å². The maximum absolute atomic E-state index is 9.92. The van der Waals surface area contributed by atoms with Crippen molar-refractivity contribution in [2.24, 2.45) is 5.11 Å². The topological polar surface area (TPSA) is 128 Å². The highest BCUT2D eigenvalue weighted by molar-refractivity contribution is 6.76. The number of azide groups is 1. The second kappa shape index (κ2) is 7.37. The zero-order valence-corrected chi connectivity index (χ0v) is 13.0. The van der Waals surface area contributed by atoms with Gasteiger partial charge in [0.1, 0.15) is 18.2 Å². The molecule has 1 saturated heterocycles. The molecule has 1 heterocycles. The van der Waals surface area contributed by atoms with Crippen LogP contribution in [0.2, 0.25) is 25.7 Å². The summed E-state index contributed by atoms with van der Waals surface area (Å²) < 4.78 is 10.9. The van der Waals surface area contributed by atoms with Gasteiger partial charge in [-0.15, -0.1) is 0 Å². The molecule has 3 N–H and O–H groups in total. The minimum absolute atomic E-state index is 0.415. The third kappa shape index (κ3) is 4.71. The molecule has 0 aromatic rings. The number of ether oxygens (including phenoxy) is 2. The van der Waals surface area contributed by atoms with E-state index in [1.807, 2.05) is 0 Å². The van der Waals surface area contributed by atoms with E-state index in [1.54, 1.807) is 0 Å². The van der Waals surface area contributed by atoms with Crippen LogP contribution in [0.15, 0.2) is 5.11 Å². The average molecular weight is 305 g/mol. The highest BCUT2D eigenvalue weighted by Gasteiger charge is 2.44. The quantitative estimate of drug-likeness (QED) is 0.284. The van der Waals surface area contributed by atoms with Crippen molar-refractivity contribution in [3.63, 3.8) is 0 Å².